The van der Waals surface area contributed by atoms with E-state index in [1.54, 1.807) is 13.8 Å². The molecule has 118 valence electrons. The standard InChI is InChI=1S/C16H18ClFN2O2/c1-16(2,22)11-7-12(13(21)8-19)20-15(14(11)17)9-3-5-10(18)6-4-9/h3-7,13,21-22H,8,19H2,1-2H3. The van der Waals surface area contributed by atoms with Crippen molar-refractivity contribution in [2.75, 3.05) is 6.54 Å². The lowest BCUT2D eigenvalue weighted by molar-refractivity contribution is 0.0782. The molecule has 1 unspecified atom stereocenters. The number of benzene rings is 1. The van der Waals surface area contributed by atoms with Crippen LogP contribution in [0.1, 0.15) is 31.2 Å². The van der Waals surface area contributed by atoms with E-state index < -0.39 is 11.7 Å². The Balaban J connectivity index is 2.69. The van der Waals surface area contributed by atoms with Gasteiger partial charge in [0.1, 0.15) is 11.9 Å². The fraction of sp³-hybridized carbons (Fsp3) is 0.312. The molecule has 0 saturated heterocycles. The van der Waals surface area contributed by atoms with E-state index >= 15 is 0 Å². The molecule has 4 nitrogen and oxygen atoms in total. The molecule has 2 aromatic rings. The van der Waals surface area contributed by atoms with Gasteiger partial charge in [-0.2, -0.15) is 0 Å². The lowest BCUT2D eigenvalue weighted by atomic mass is 9.95. The number of aromatic nitrogens is 1. The molecule has 4 N–H and O–H groups in total. The molecule has 1 heterocycles. The molecule has 0 fully saturated rings. The summed E-state index contributed by atoms with van der Waals surface area (Å²) < 4.78 is 13.1. The summed E-state index contributed by atoms with van der Waals surface area (Å²) in [5.74, 6) is -0.374. The van der Waals surface area contributed by atoms with Gasteiger partial charge in [-0.15, -0.1) is 0 Å². The normalized spacial score (nSPS) is 13.2. The summed E-state index contributed by atoms with van der Waals surface area (Å²) in [5.41, 5.74) is 5.93. The Morgan fingerprint density at radius 1 is 1.32 bits per heavy atom. The minimum atomic E-state index is -1.22. The van der Waals surface area contributed by atoms with Gasteiger partial charge in [0.25, 0.3) is 0 Å². The molecule has 0 aliphatic heterocycles. The Morgan fingerprint density at radius 3 is 2.41 bits per heavy atom. The van der Waals surface area contributed by atoms with Crippen molar-refractivity contribution in [3.8, 4) is 11.3 Å². The number of rotatable bonds is 4. The van der Waals surface area contributed by atoms with Crippen molar-refractivity contribution >= 4 is 11.6 Å². The second kappa shape index (κ2) is 6.30. The van der Waals surface area contributed by atoms with Gasteiger partial charge in [0.05, 0.1) is 22.0 Å². The molecule has 0 aliphatic rings. The molecule has 0 radical (unpaired) electrons. The zero-order valence-corrected chi connectivity index (χ0v) is 13.1. The molecular formula is C16H18ClFN2O2. The number of halogens is 2. The fourth-order valence-corrected chi connectivity index (χ4v) is 2.52. The van der Waals surface area contributed by atoms with Crippen LogP contribution in [0.3, 0.4) is 0 Å². The summed E-state index contributed by atoms with van der Waals surface area (Å²) in [5, 5.41) is 20.5. The molecule has 1 atom stereocenters. The largest absolute Gasteiger partial charge is 0.386 e. The van der Waals surface area contributed by atoms with Gasteiger partial charge in [0, 0.05) is 17.7 Å². The Morgan fingerprint density at radius 2 is 1.91 bits per heavy atom. The van der Waals surface area contributed by atoms with E-state index in [4.69, 9.17) is 17.3 Å². The lowest BCUT2D eigenvalue weighted by Gasteiger charge is -2.23. The van der Waals surface area contributed by atoms with Gasteiger partial charge in [-0.1, -0.05) is 11.6 Å². The van der Waals surface area contributed by atoms with Crippen LogP contribution in [0.5, 0.6) is 0 Å². The highest BCUT2D eigenvalue weighted by Gasteiger charge is 2.25. The first-order chi connectivity index (χ1) is 10.2. The van der Waals surface area contributed by atoms with Crippen LogP contribution in [0.15, 0.2) is 30.3 Å². The first kappa shape index (κ1) is 16.8. The maximum Gasteiger partial charge on any atom is 0.123 e. The number of hydrogen-bond donors (Lipinski definition) is 3. The number of pyridine rings is 1. The average Bonchev–Trinajstić information content (AvgIpc) is 2.46. The third-order valence-corrected chi connectivity index (χ3v) is 3.70. The lowest BCUT2D eigenvalue weighted by Crippen LogP contribution is -2.20. The Labute approximate surface area is 133 Å². The molecule has 0 spiro atoms. The van der Waals surface area contributed by atoms with Crippen LogP contribution in [0.4, 0.5) is 4.39 Å². The van der Waals surface area contributed by atoms with Crippen molar-refractivity contribution in [2.24, 2.45) is 5.73 Å². The average molecular weight is 325 g/mol. The van der Waals surface area contributed by atoms with Gasteiger partial charge in [-0.3, -0.25) is 0 Å². The van der Waals surface area contributed by atoms with Gasteiger partial charge in [0.15, 0.2) is 0 Å². The predicted octanol–water partition coefficient (Wildman–Crippen LogP) is 2.76. The third kappa shape index (κ3) is 3.44. The third-order valence-electron chi connectivity index (χ3n) is 3.32. The second-order valence-corrected chi connectivity index (χ2v) is 5.95. The number of aliphatic hydroxyl groups excluding tert-OH is 1. The van der Waals surface area contributed by atoms with E-state index in [1.807, 2.05) is 0 Å². The summed E-state index contributed by atoms with van der Waals surface area (Å²) in [6, 6.07) is 7.20. The molecule has 6 heteroatoms. The smallest absolute Gasteiger partial charge is 0.123 e. The van der Waals surface area contributed by atoms with Crippen LogP contribution in [-0.4, -0.2) is 21.7 Å². The van der Waals surface area contributed by atoms with Crippen LogP contribution in [-0.2, 0) is 5.60 Å². The summed E-state index contributed by atoms with van der Waals surface area (Å²) in [6.07, 6.45) is -0.974. The van der Waals surface area contributed by atoms with Crippen LogP contribution in [0.25, 0.3) is 11.3 Å². The minimum absolute atomic E-state index is 0.0111. The minimum Gasteiger partial charge on any atom is -0.386 e. The van der Waals surface area contributed by atoms with Crippen molar-refractivity contribution < 1.29 is 14.6 Å². The van der Waals surface area contributed by atoms with E-state index in [0.29, 0.717) is 22.5 Å². The van der Waals surface area contributed by atoms with E-state index in [1.165, 1.54) is 30.3 Å². The Bertz CT molecular complexity index is 669. The summed E-state index contributed by atoms with van der Waals surface area (Å²) in [7, 11) is 0. The number of nitrogens with two attached hydrogens (primary N) is 1. The Hall–Kier alpha value is -1.53. The molecule has 22 heavy (non-hydrogen) atoms. The van der Waals surface area contributed by atoms with Gasteiger partial charge >= 0.3 is 0 Å². The quantitative estimate of drug-likeness (QED) is 0.808. The van der Waals surface area contributed by atoms with Crippen molar-refractivity contribution in [2.45, 2.75) is 25.6 Å². The topological polar surface area (TPSA) is 79.4 Å². The fourth-order valence-electron chi connectivity index (χ4n) is 2.08. The van der Waals surface area contributed by atoms with E-state index in [-0.39, 0.29) is 17.4 Å². The number of nitrogens with zero attached hydrogens (tertiary/aromatic N) is 1. The maximum atomic E-state index is 13.1. The molecule has 0 aliphatic carbocycles. The highest BCUT2D eigenvalue weighted by Crippen LogP contribution is 2.36. The highest BCUT2D eigenvalue weighted by molar-refractivity contribution is 6.34. The molecule has 1 aromatic heterocycles. The molecule has 2 rings (SSSR count). The van der Waals surface area contributed by atoms with Gasteiger partial charge in [-0.05, 0) is 44.2 Å². The SMILES string of the molecule is CC(C)(O)c1cc(C(O)CN)nc(-c2ccc(F)cc2)c1Cl. The van der Waals surface area contributed by atoms with Gasteiger partial charge < -0.3 is 15.9 Å². The van der Waals surface area contributed by atoms with E-state index in [0.717, 1.165) is 0 Å². The van der Waals surface area contributed by atoms with Crippen molar-refractivity contribution in [3.63, 3.8) is 0 Å². The molecule has 0 amide bonds. The highest BCUT2D eigenvalue weighted by atomic mass is 35.5. The van der Waals surface area contributed by atoms with Crippen molar-refractivity contribution in [3.05, 3.63) is 52.4 Å². The van der Waals surface area contributed by atoms with Crippen molar-refractivity contribution in [1.82, 2.24) is 4.98 Å². The second-order valence-electron chi connectivity index (χ2n) is 5.57. The summed E-state index contributed by atoms with van der Waals surface area (Å²) in [6.45, 7) is 3.16. The number of aliphatic hydroxyl groups is 2. The van der Waals surface area contributed by atoms with Crippen molar-refractivity contribution in [1.29, 1.82) is 0 Å². The van der Waals surface area contributed by atoms with Gasteiger partial charge in [0.2, 0.25) is 0 Å². The van der Waals surface area contributed by atoms with Crippen LogP contribution in [0.2, 0.25) is 5.02 Å². The monoisotopic (exact) mass is 324 g/mol. The first-order valence-electron chi connectivity index (χ1n) is 6.81. The van der Waals surface area contributed by atoms with Gasteiger partial charge in [-0.25, -0.2) is 9.37 Å². The van der Waals surface area contributed by atoms with E-state index in [2.05, 4.69) is 4.98 Å². The zero-order chi connectivity index (χ0) is 16.5. The van der Waals surface area contributed by atoms with Crippen LogP contribution in [0, 0.1) is 5.82 Å². The van der Waals surface area contributed by atoms with Crippen LogP contribution >= 0.6 is 11.6 Å². The zero-order valence-electron chi connectivity index (χ0n) is 12.3. The van der Waals surface area contributed by atoms with Crippen LogP contribution < -0.4 is 5.73 Å². The van der Waals surface area contributed by atoms with E-state index in [9.17, 15) is 14.6 Å². The molecule has 0 bridgehead atoms. The number of hydrogen-bond acceptors (Lipinski definition) is 4. The molecule has 0 saturated carbocycles. The molecule has 1 aromatic carbocycles. The maximum absolute atomic E-state index is 13.1. The molecular weight excluding hydrogens is 307 g/mol. The summed E-state index contributed by atoms with van der Waals surface area (Å²) in [4.78, 5) is 4.32. The summed E-state index contributed by atoms with van der Waals surface area (Å²) >= 11 is 6.36. The first-order valence-corrected chi connectivity index (χ1v) is 7.19. The Kier molecular flexibility index (Phi) is 4.82. The predicted molar refractivity (Wildman–Crippen MR) is 83.9 cm³/mol.